The van der Waals surface area contributed by atoms with Gasteiger partial charge in [-0.3, -0.25) is 4.79 Å². The van der Waals surface area contributed by atoms with Gasteiger partial charge in [0.25, 0.3) is 5.85 Å². The van der Waals surface area contributed by atoms with Gasteiger partial charge in [-0.15, -0.1) is 0 Å². The molecule has 0 aromatic carbocycles. The minimum Gasteiger partial charge on any atom is -0.339 e. The highest BCUT2D eigenvalue weighted by atomic mass is 16.5. The molecule has 1 aliphatic heterocycles. The van der Waals surface area contributed by atoms with Crippen molar-refractivity contribution in [1.82, 2.24) is 5.32 Å². The van der Waals surface area contributed by atoms with Crippen molar-refractivity contribution >= 4 is 12.5 Å². The highest BCUT2D eigenvalue weighted by Gasteiger charge is 2.26. The molecule has 4 heteroatoms. The molecule has 0 saturated carbocycles. The van der Waals surface area contributed by atoms with E-state index in [-0.39, 0.29) is 0 Å². The molecule has 0 spiro atoms. The summed E-state index contributed by atoms with van der Waals surface area (Å²) >= 11 is 0. The molecule has 1 atom stereocenters. The van der Waals surface area contributed by atoms with Crippen molar-refractivity contribution in [1.29, 1.82) is 0 Å². The Morgan fingerprint density at radius 2 is 2.60 bits per heavy atom. The zero-order valence-electron chi connectivity index (χ0n) is 5.57. The van der Waals surface area contributed by atoms with E-state index < -0.39 is 5.85 Å². The van der Waals surface area contributed by atoms with Crippen LogP contribution in [0.2, 0.25) is 0 Å². The number of aliphatic imine (C=N–C) groups is 1. The van der Waals surface area contributed by atoms with Crippen LogP contribution in [0.1, 0.15) is 0 Å². The second-order valence-corrected chi connectivity index (χ2v) is 1.80. The average molecular weight is 140 g/mol. The zero-order valence-corrected chi connectivity index (χ0v) is 5.57. The zero-order chi connectivity index (χ0) is 7.45. The van der Waals surface area contributed by atoms with Crippen LogP contribution in [0.3, 0.4) is 0 Å². The Bertz CT molecular complexity index is 188. The summed E-state index contributed by atoms with van der Waals surface area (Å²) in [6.07, 6.45) is 5.40. The molecule has 1 N–H and O–H groups in total. The van der Waals surface area contributed by atoms with E-state index in [0.29, 0.717) is 6.29 Å². The molecule has 54 valence electrons. The SMILES string of the molecule is COC1(C=O)N=CC=CN1. The van der Waals surface area contributed by atoms with Gasteiger partial charge >= 0.3 is 0 Å². The summed E-state index contributed by atoms with van der Waals surface area (Å²) < 4.78 is 4.80. The molecular weight excluding hydrogens is 132 g/mol. The Labute approximate surface area is 58.6 Å². The van der Waals surface area contributed by atoms with Crippen LogP contribution in [0.5, 0.6) is 0 Å². The molecule has 0 radical (unpaired) electrons. The second kappa shape index (κ2) is 2.62. The molecule has 0 bridgehead atoms. The fourth-order valence-electron chi connectivity index (χ4n) is 0.626. The number of ether oxygens (including phenoxy) is 1. The molecular formula is C6H8N2O2. The van der Waals surface area contributed by atoms with Crippen molar-refractivity contribution in [2.75, 3.05) is 7.11 Å². The summed E-state index contributed by atoms with van der Waals surface area (Å²) in [5.74, 6) is -1.19. The van der Waals surface area contributed by atoms with Crippen molar-refractivity contribution in [2.45, 2.75) is 5.85 Å². The normalized spacial score (nSPS) is 29.7. The number of nitrogens with zero attached hydrogens (tertiary/aromatic N) is 1. The van der Waals surface area contributed by atoms with Gasteiger partial charge in [0.05, 0.1) is 0 Å². The highest BCUT2D eigenvalue weighted by Crippen LogP contribution is 2.05. The summed E-state index contributed by atoms with van der Waals surface area (Å²) in [5.41, 5.74) is 0. The van der Waals surface area contributed by atoms with E-state index in [4.69, 9.17) is 4.74 Å². The van der Waals surface area contributed by atoms with E-state index in [1.54, 1.807) is 12.3 Å². The van der Waals surface area contributed by atoms with E-state index in [2.05, 4.69) is 10.3 Å². The van der Waals surface area contributed by atoms with Gasteiger partial charge in [-0.2, -0.15) is 0 Å². The lowest BCUT2D eigenvalue weighted by molar-refractivity contribution is -0.129. The number of hydrogen-bond acceptors (Lipinski definition) is 4. The standard InChI is InChI=1S/C6H8N2O2/c1-10-6(5-9)7-3-2-4-8-6/h2-5,7H,1H3. The third-order valence-corrected chi connectivity index (χ3v) is 1.21. The molecule has 0 fully saturated rings. The molecule has 0 saturated heterocycles. The molecule has 0 aromatic heterocycles. The topological polar surface area (TPSA) is 50.7 Å². The lowest BCUT2D eigenvalue weighted by Crippen LogP contribution is -2.45. The number of rotatable bonds is 2. The van der Waals surface area contributed by atoms with Crippen molar-refractivity contribution < 1.29 is 9.53 Å². The van der Waals surface area contributed by atoms with Gasteiger partial charge in [0, 0.05) is 19.5 Å². The minimum atomic E-state index is -1.19. The molecule has 1 aliphatic rings. The van der Waals surface area contributed by atoms with Crippen molar-refractivity contribution in [3.63, 3.8) is 0 Å². The third kappa shape index (κ3) is 1.06. The summed E-state index contributed by atoms with van der Waals surface area (Å²) in [7, 11) is 1.41. The van der Waals surface area contributed by atoms with Gasteiger partial charge in [0.15, 0.2) is 6.29 Å². The minimum absolute atomic E-state index is 0.604. The largest absolute Gasteiger partial charge is 0.339 e. The second-order valence-electron chi connectivity index (χ2n) is 1.80. The van der Waals surface area contributed by atoms with E-state index in [9.17, 15) is 4.79 Å². The van der Waals surface area contributed by atoms with Crippen LogP contribution < -0.4 is 5.32 Å². The predicted molar refractivity (Wildman–Crippen MR) is 36.6 cm³/mol. The molecule has 0 aromatic rings. The summed E-state index contributed by atoms with van der Waals surface area (Å²) in [4.78, 5) is 14.2. The number of aldehydes is 1. The fraction of sp³-hybridized carbons (Fsp3) is 0.333. The number of hydrogen-bond donors (Lipinski definition) is 1. The first-order valence-electron chi connectivity index (χ1n) is 2.82. The molecule has 1 rings (SSSR count). The van der Waals surface area contributed by atoms with Crippen LogP contribution in [0, 0.1) is 0 Å². The number of nitrogens with one attached hydrogen (secondary N) is 1. The van der Waals surface area contributed by atoms with Gasteiger partial charge in [-0.25, -0.2) is 4.99 Å². The number of methoxy groups -OCH3 is 1. The first kappa shape index (κ1) is 6.95. The van der Waals surface area contributed by atoms with E-state index in [1.165, 1.54) is 13.3 Å². The Morgan fingerprint density at radius 3 is 2.90 bits per heavy atom. The average Bonchev–Trinajstić information content (AvgIpc) is 2.06. The van der Waals surface area contributed by atoms with Crippen LogP contribution in [0.15, 0.2) is 17.3 Å². The Hall–Kier alpha value is -1.16. The van der Waals surface area contributed by atoms with Crippen LogP contribution >= 0.6 is 0 Å². The van der Waals surface area contributed by atoms with Gasteiger partial charge in [-0.1, -0.05) is 0 Å². The van der Waals surface area contributed by atoms with Gasteiger partial charge < -0.3 is 10.1 Å². The van der Waals surface area contributed by atoms with Crippen LogP contribution in [0.25, 0.3) is 0 Å². The molecule has 0 amide bonds. The lowest BCUT2D eigenvalue weighted by atomic mass is 10.4. The Balaban J connectivity index is 2.75. The maximum absolute atomic E-state index is 10.4. The summed E-state index contributed by atoms with van der Waals surface area (Å²) in [5, 5.41) is 2.66. The summed E-state index contributed by atoms with van der Waals surface area (Å²) in [6, 6.07) is 0. The molecule has 1 heterocycles. The number of allylic oxidation sites excluding steroid dienone is 1. The smallest absolute Gasteiger partial charge is 0.295 e. The first-order valence-corrected chi connectivity index (χ1v) is 2.82. The van der Waals surface area contributed by atoms with Crippen molar-refractivity contribution in [2.24, 2.45) is 4.99 Å². The predicted octanol–water partition coefficient (Wildman–Crippen LogP) is -0.327. The lowest BCUT2D eigenvalue weighted by Gasteiger charge is -2.23. The molecule has 10 heavy (non-hydrogen) atoms. The maximum Gasteiger partial charge on any atom is 0.295 e. The number of carbonyl (C=O) groups excluding carboxylic acids is 1. The van der Waals surface area contributed by atoms with Gasteiger partial charge in [-0.05, 0) is 6.08 Å². The number of carbonyl (C=O) groups is 1. The molecule has 1 unspecified atom stereocenters. The Morgan fingerprint density at radius 1 is 1.80 bits per heavy atom. The Kier molecular flexibility index (Phi) is 1.82. The van der Waals surface area contributed by atoms with Crippen LogP contribution in [-0.4, -0.2) is 25.5 Å². The van der Waals surface area contributed by atoms with E-state index >= 15 is 0 Å². The highest BCUT2D eigenvalue weighted by molar-refractivity contribution is 5.76. The van der Waals surface area contributed by atoms with Crippen molar-refractivity contribution in [3.05, 3.63) is 12.3 Å². The first-order chi connectivity index (χ1) is 4.83. The van der Waals surface area contributed by atoms with Gasteiger partial charge in [0.1, 0.15) is 0 Å². The van der Waals surface area contributed by atoms with Crippen LogP contribution in [-0.2, 0) is 9.53 Å². The molecule has 0 aliphatic carbocycles. The van der Waals surface area contributed by atoms with Crippen molar-refractivity contribution in [3.8, 4) is 0 Å². The monoisotopic (exact) mass is 140 g/mol. The fourth-order valence-corrected chi connectivity index (χ4v) is 0.626. The quantitative estimate of drug-likeness (QED) is 0.534. The summed E-state index contributed by atoms with van der Waals surface area (Å²) in [6.45, 7) is 0. The van der Waals surface area contributed by atoms with Crippen LogP contribution in [0.4, 0.5) is 0 Å². The van der Waals surface area contributed by atoms with E-state index in [1.807, 2.05) is 0 Å². The third-order valence-electron chi connectivity index (χ3n) is 1.21. The maximum atomic E-state index is 10.4. The van der Waals surface area contributed by atoms with Gasteiger partial charge in [0.2, 0.25) is 0 Å². The van der Waals surface area contributed by atoms with E-state index in [0.717, 1.165) is 0 Å². The molecule has 4 nitrogen and oxygen atoms in total.